The second-order valence-electron chi connectivity index (χ2n) is 6.52. The molecule has 130 valence electrons. The zero-order valence-corrected chi connectivity index (χ0v) is 14.3. The standard InChI is InChI=1S/C17H21N7O/c1-10-14-15(21-22-16(14)24(2)23-10)20-17(25)11-7-8-18-13(9-11)19-12-5-3-4-6-12/h7-9,12H,3-6H2,1-2H3,(H,18,19)(H2,20,21,22,25). The number of anilines is 2. The predicted molar refractivity (Wildman–Crippen MR) is 95.7 cm³/mol. The molecule has 0 atom stereocenters. The van der Waals surface area contributed by atoms with Gasteiger partial charge in [0.1, 0.15) is 11.6 Å². The van der Waals surface area contributed by atoms with Crippen molar-refractivity contribution >= 4 is 28.6 Å². The molecule has 0 aliphatic heterocycles. The molecule has 0 bridgehead atoms. The van der Waals surface area contributed by atoms with Gasteiger partial charge in [0.25, 0.3) is 5.91 Å². The average molecular weight is 339 g/mol. The summed E-state index contributed by atoms with van der Waals surface area (Å²) in [6.45, 7) is 1.89. The quantitative estimate of drug-likeness (QED) is 0.678. The highest BCUT2D eigenvalue weighted by molar-refractivity contribution is 6.08. The van der Waals surface area contributed by atoms with Crippen LogP contribution in [0.2, 0.25) is 0 Å². The van der Waals surface area contributed by atoms with Crippen LogP contribution in [-0.4, -0.2) is 36.9 Å². The summed E-state index contributed by atoms with van der Waals surface area (Å²) in [5.41, 5.74) is 2.09. The normalized spacial score (nSPS) is 15.0. The third kappa shape index (κ3) is 2.95. The number of aromatic nitrogens is 5. The van der Waals surface area contributed by atoms with E-state index >= 15 is 0 Å². The Labute approximate surface area is 145 Å². The number of carbonyl (C=O) groups is 1. The number of nitrogens with one attached hydrogen (secondary N) is 3. The van der Waals surface area contributed by atoms with Gasteiger partial charge in [-0.15, -0.1) is 0 Å². The number of amides is 1. The molecule has 8 nitrogen and oxygen atoms in total. The van der Waals surface area contributed by atoms with Crippen molar-refractivity contribution in [2.24, 2.45) is 7.05 Å². The summed E-state index contributed by atoms with van der Waals surface area (Å²) in [5.74, 6) is 1.10. The molecular weight excluding hydrogens is 318 g/mol. The molecule has 0 spiro atoms. The van der Waals surface area contributed by atoms with E-state index in [1.165, 1.54) is 12.8 Å². The third-order valence-electron chi connectivity index (χ3n) is 4.68. The van der Waals surface area contributed by atoms with Gasteiger partial charge >= 0.3 is 0 Å². The Kier molecular flexibility index (Phi) is 3.87. The number of rotatable bonds is 4. The van der Waals surface area contributed by atoms with E-state index in [9.17, 15) is 4.79 Å². The van der Waals surface area contributed by atoms with E-state index in [4.69, 9.17) is 0 Å². The van der Waals surface area contributed by atoms with E-state index < -0.39 is 0 Å². The van der Waals surface area contributed by atoms with Gasteiger partial charge in [-0.1, -0.05) is 12.8 Å². The lowest BCUT2D eigenvalue weighted by Gasteiger charge is -2.13. The summed E-state index contributed by atoms with van der Waals surface area (Å²) >= 11 is 0. The maximum Gasteiger partial charge on any atom is 0.257 e. The van der Waals surface area contributed by atoms with Crippen LogP contribution in [0.5, 0.6) is 0 Å². The minimum absolute atomic E-state index is 0.203. The Balaban J connectivity index is 1.54. The van der Waals surface area contributed by atoms with E-state index in [0.29, 0.717) is 23.1 Å². The van der Waals surface area contributed by atoms with Crippen molar-refractivity contribution < 1.29 is 4.79 Å². The fourth-order valence-corrected chi connectivity index (χ4v) is 3.44. The molecule has 3 heterocycles. The lowest BCUT2D eigenvalue weighted by molar-refractivity contribution is 0.102. The molecule has 3 aromatic heterocycles. The molecule has 1 amide bonds. The molecule has 4 rings (SSSR count). The molecule has 0 unspecified atom stereocenters. The molecule has 25 heavy (non-hydrogen) atoms. The van der Waals surface area contributed by atoms with Crippen LogP contribution in [-0.2, 0) is 7.05 Å². The highest BCUT2D eigenvalue weighted by atomic mass is 16.1. The molecule has 0 saturated heterocycles. The first-order valence-electron chi connectivity index (χ1n) is 8.53. The van der Waals surface area contributed by atoms with E-state index in [0.717, 1.165) is 29.7 Å². The van der Waals surface area contributed by atoms with Gasteiger partial charge in [-0.05, 0) is 31.9 Å². The summed E-state index contributed by atoms with van der Waals surface area (Å²) in [7, 11) is 1.83. The number of aromatic amines is 1. The first kappa shape index (κ1) is 15.6. The van der Waals surface area contributed by atoms with Crippen molar-refractivity contribution in [3.8, 4) is 0 Å². The molecule has 0 aromatic carbocycles. The van der Waals surface area contributed by atoms with Crippen molar-refractivity contribution in [1.29, 1.82) is 0 Å². The fourth-order valence-electron chi connectivity index (χ4n) is 3.44. The summed E-state index contributed by atoms with van der Waals surface area (Å²) in [4.78, 5) is 16.9. The molecule has 1 aliphatic rings. The zero-order chi connectivity index (χ0) is 17.4. The van der Waals surface area contributed by atoms with Gasteiger partial charge in [0.15, 0.2) is 5.65 Å². The van der Waals surface area contributed by atoms with Gasteiger partial charge in [-0.3, -0.25) is 9.89 Å². The maximum absolute atomic E-state index is 12.6. The van der Waals surface area contributed by atoms with Crippen LogP contribution in [0.25, 0.3) is 11.0 Å². The molecule has 1 fully saturated rings. The van der Waals surface area contributed by atoms with E-state index in [1.807, 2.05) is 14.0 Å². The van der Waals surface area contributed by atoms with Gasteiger partial charge in [0.05, 0.1) is 11.1 Å². The van der Waals surface area contributed by atoms with Crippen LogP contribution in [0.4, 0.5) is 11.6 Å². The molecule has 1 saturated carbocycles. The van der Waals surface area contributed by atoms with Gasteiger partial charge in [0, 0.05) is 24.8 Å². The fraction of sp³-hybridized carbons (Fsp3) is 0.412. The average Bonchev–Trinajstić information content (AvgIpc) is 3.29. The molecule has 0 radical (unpaired) electrons. The maximum atomic E-state index is 12.6. The number of hydrogen-bond donors (Lipinski definition) is 3. The topological polar surface area (TPSA) is 101 Å². The lowest BCUT2D eigenvalue weighted by Crippen LogP contribution is -2.17. The summed E-state index contributed by atoms with van der Waals surface area (Å²) in [6, 6.07) is 3.95. The Bertz CT molecular complexity index is 920. The number of pyridine rings is 1. The smallest absolute Gasteiger partial charge is 0.257 e. The van der Waals surface area contributed by atoms with Crippen LogP contribution in [0.1, 0.15) is 41.7 Å². The molecule has 3 aromatic rings. The second-order valence-corrected chi connectivity index (χ2v) is 6.52. The van der Waals surface area contributed by atoms with Crippen LogP contribution in [0.15, 0.2) is 18.3 Å². The Morgan fingerprint density at radius 1 is 1.36 bits per heavy atom. The van der Waals surface area contributed by atoms with Crippen LogP contribution >= 0.6 is 0 Å². The zero-order valence-electron chi connectivity index (χ0n) is 14.3. The number of fused-ring (bicyclic) bond motifs is 1. The van der Waals surface area contributed by atoms with Crippen molar-refractivity contribution in [2.45, 2.75) is 38.6 Å². The minimum Gasteiger partial charge on any atom is -0.367 e. The predicted octanol–water partition coefficient (Wildman–Crippen LogP) is 2.61. The highest BCUT2D eigenvalue weighted by Crippen LogP contribution is 2.24. The van der Waals surface area contributed by atoms with E-state index in [1.54, 1.807) is 23.0 Å². The second kappa shape index (κ2) is 6.19. The SMILES string of the molecule is Cc1nn(C)c2n[nH]c(NC(=O)c3ccnc(NC4CCCC4)c3)c12. The van der Waals surface area contributed by atoms with Gasteiger partial charge < -0.3 is 10.6 Å². The van der Waals surface area contributed by atoms with Crippen molar-refractivity contribution in [1.82, 2.24) is 25.0 Å². The lowest BCUT2D eigenvalue weighted by atomic mass is 10.2. The highest BCUT2D eigenvalue weighted by Gasteiger charge is 2.18. The Hall–Kier alpha value is -2.90. The number of aryl methyl sites for hydroxylation is 2. The summed E-state index contributed by atoms with van der Waals surface area (Å²) in [5, 5.41) is 18.5. The number of H-pyrrole nitrogens is 1. The number of nitrogens with zero attached hydrogens (tertiary/aromatic N) is 4. The first-order chi connectivity index (χ1) is 12.1. The number of carbonyl (C=O) groups excluding carboxylic acids is 1. The van der Waals surface area contributed by atoms with Crippen LogP contribution in [0.3, 0.4) is 0 Å². The first-order valence-corrected chi connectivity index (χ1v) is 8.53. The third-order valence-corrected chi connectivity index (χ3v) is 4.68. The van der Waals surface area contributed by atoms with Crippen LogP contribution < -0.4 is 10.6 Å². The van der Waals surface area contributed by atoms with E-state index in [2.05, 4.69) is 30.9 Å². The van der Waals surface area contributed by atoms with Crippen molar-refractivity contribution in [3.05, 3.63) is 29.6 Å². The molecule has 3 N–H and O–H groups in total. The Morgan fingerprint density at radius 3 is 2.96 bits per heavy atom. The van der Waals surface area contributed by atoms with Crippen LogP contribution in [0, 0.1) is 6.92 Å². The monoisotopic (exact) mass is 339 g/mol. The largest absolute Gasteiger partial charge is 0.367 e. The molecular formula is C17H21N7O. The summed E-state index contributed by atoms with van der Waals surface area (Å²) in [6.07, 6.45) is 6.47. The van der Waals surface area contributed by atoms with Gasteiger partial charge in [-0.2, -0.15) is 10.2 Å². The van der Waals surface area contributed by atoms with Gasteiger partial charge in [0.2, 0.25) is 0 Å². The Morgan fingerprint density at radius 2 is 2.16 bits per heavy atom. The van der Waals surface area contributed by atoms with Crippen molar-refractivity contribution in [3.63, 3.8) is 0 Å². The summed E-state index contributed by atoms with van der Waals surface area (Å²) < 4.78 is 1.69. The van der Waals surface area contributed by atoms with E-state index in [-0.39, 0.29) is 5.91 Å². The molecule has 8 heteroatoms. The van der Waals surface area contributed by atoms with Gasteiger partial charge in [-0.25, -0.2) is 9.67 Å². The minimum atomic E-state index is -0.203. The number of hydrogen-bond acceptors (Lipinski definition) is 5. The van der Waals surface area contributed by atoms with Crippen molar-refractivity contribution in [2.75, 3.05) is 10.6 Å². The molecule has 1 aliphatic carbocycles.